The van der Waals surface area contributed by atoms with Gasteiger partial charge >= 0.3 is 5.97 Å². The summed E-state index contributed by atoms with van der Waals surface area (Å²) >= 11 is 0. The second kappa shape index (κ2) is 6.13. The van der Waals surface area contributed by atoms with Gasteiger partial charge in [0, 0.05) is 11.9 Å². The van der Waals surface area contributed by atoms with Gasteiger partial charge in [-0.2, -0.15) is 0 Å². The van der Waals surface area contributed by atoms with Gasteiger partial charge in [-0.05, 0) is 42.8 Å². The van der Waals surface area contributed by atoms with E-state index in [1.165, 1.54) is 4.57 Å². The molecule has 0 aliphatic rings. The van der Waals surface area contributed by atoms with Crippen LogP contribution in [0.25, 0.3) is 0 Å². The maximum absolute atomic E-state index is 12.2. The van der Waals surface area contributed by atoms with Crippen molar-refractivity contribution in [1.29, 1.82) is 0 Å². The van der Waals surface area contributed by atoms with E-state index in [4.69, 9.17) is 9.84 Å². The lowest BCUT2D eigenvalue weighted by atomic mass is 10.2. The molecule has 0 saturated carbocycles. The van der Waals surface area contributed by atoms with Crippen LogP contribution < -0.4 is 10.1 Å². The Bertz CT molecular complexity index is 676. The highest BCUT2D eigenvalue weighted by Crippen LogP contribution is 2.21. The second-order valence-electron chi connectivity index (χ2n) is 4.55. The number of amides is 1. The van der Waals surface area contributed by atoms with Gasteiger partial charge in [-0.15, -0.1) is 0 Å². The Balaban J connectivity index is 2.18. The molecule has 0 aliphatic heterocycles. The first-order chi connectivity index (χ1) is 10.0. The summed E-state index contributed by atoms with van der Waals surface area (Å²) in [7, 11) is 1.58. The van der Waals surface area contributed by atoms with Crippen LogP contribution in [0.15, 0.2) is 36.5 Å². The van der Waals surface area contributed by atoms with Gasteiger partial charge in [-0.1, -0.05) is 0 Å². The molecule has 21 heavy (non-hydrogen) atoms. The van der Waals surface area contributed by atoms with Crippen molar-refractivity contribution in [2.75, 3.05) is 12.4 Å². The highest BCUT2D eigenvalue weighted by atomic mass is 16.5. The van der Waals surface area contributed by atoms with E-state index in [1.807, 2.05) is 13.0 Å². The molecule has 0 spiro atoms. The van der Waals surface area contributed by atoms with Crippen molar-refractivity contribution in [2.45, 2.75) is 13.5 Å². The molecule has 2 N–H and O–H groups in total. The zero-order valence-corrected chi connectivity index (χ0v) is 11.8. The predicted octanol–water partition coefficient (Wildman–Crippen LogP) is 2.14. The molecule has 0 bridgehead atoms. The molecular weight excluding hydrogens is 272 g/mol. The van der Waals surface area contributed by atoms with Crippen LogP contribution in [0.4, 0.5) is 5.69 Å². The molecule has 1 aromatic carbocycles. The maximum Gasteiger partial charge on any atom is 0.323 e. The zero-order valence-electron chi connectivity index (χ0n) is 11.8. The number of aromatic nitrogens is 1. The highest BCUT2D eigenvalue weighted by molar-refractivity contribution is 6.03. The number of aliphatic carboxylic acids is 1. The minimum absolute atomic E-state index is 0.253. The lowest BCUT2D eigenvalue weighted by Crippen LogP contribution is -2.19. The number of nitrogens with one attached hydrogen (secondary N) is 1. The van der Waals surface area contributed by atoms with Crippen LogP contribution in [0.1, 0.15) is 16.1 Å². The molecule has 2 rings (SSSR count). The molecule has 1 heterocycles. The Hall–Kier alpha value is -2.76. The summed E-state index contributed by atoms with van der Waals surface area (Å²) in [6.07, 6.45) is 1.56. The zero-order chi connectivity index (χ0) is 15.4. The van der Waals surface area contributed by atoms with Crippen molar-refractivity contribution >= 4 is 17.6 Å². The average molecular weight is 288 g/mol. The lowest BCUT2D eigenvalue weighted by Gasteiger charge is -2.11. The van der Waals surface area contributed by atoms with Crippen molar-refractivity contribution in [1.82, 2.24) is 4.57 Å². The quantitative estimate of drug-likeness (QED) is 0.883. The smallest absolute Gasteiger partial charge is 0.323 e. The van der Waals surface area contributed by atoms with E-state index in [2.05, 4.69) is 5.32 Å². The number of rotatable bonds is 5. The number of hydrogen-bond donors (Lipinski definition) is 2. The number of nitrogens with zero attached hydrogens (tertiary/aromatic N) is 1. The number of carboxylic acids is 1. The van der Waals surface area contributed by atoms with E-state index >= 15 is 0 Å². The van der Waals surface area contributed by atoms with Crippen molar-refractivity contribution in [3.63, 3.8) is 0 Å². The Morgan fingerprint density at radius 3 is 2.71 bits per heavy atom. The van der Waals surface area contributed by atoms with Gasteiger partial charge in [0.15, 0.2) is 0 Å². The molecule has 1 amide bonds. The van der Waals surface area contributed by atoms with E-state index in [0.717, 1.165) is 5.56 Å². The summed E-state index contributed by atoms with van der Waals surface area (Å²) in [6, 6.07) is 8.53. The van der Waals surface area contributed by atoms with Crippen LogP contribution >= 0.6 is 0 Å². The molecule has 0 fully saturated rings. The number of ether oxygens (including phenoxy) is 1. The molecule has 6 nitrogen and oxygen atoms in total. The number of aryl methyl sites for hydroxylation is 1. The Morgan fingerprint density at radius 1 is 1.33 bits per heavy atom. The molecule has 0 radical (unpaired) electrons. The van der Waals surface area contributed by atoms with Crippen molar-refractivity contribution < 1.29 is 19.4 Å². The number of carboxylic acid groups (broad SMARTS) is 1. The predicted molar refractivity (Wildman–Crippen MR) is 77.8 cm³/mol. The van der Waals surface area contributed by atoms with Crippen LogP contribution in [-0.2, 0) is 11.3 Å². The molecule has 6 heteroatoms. The SMILES string of the molecule is COc1ccc(NC(=O)c2cccn2CC(=O)O)c(C)c1. The van der Waals surface area contributed by atoms with E-state index in [-0.39, 0.29) is 12.5 Å². The first-order valence-electron chi connectivity index (χ1n) is 6.34. The van der Waals surface area contributed by atoms with E-state index < -0.39 is 5.97 Å². The van der Waals surface area contributed by atoms with Crippen LogP contribution in [-0.4, -0.2) is 28.7 Å². The Labute approximate surface area is 122 Å². The van der Waals surface area contributed by atoms with Gasteiger partial charge in [0.25, 0.3) is 5.91 Å². The molecular formula is C15H16N2O4. The number of methoxy groups -OCH3 is 1. The van der Waals surface area contributed by atoms with Crippen molar-refractivity contribution in [3.8, 4) is 5.75 Å². The number of carbonyl (C=O) groups is 2. The summed E-state index contributed by atoms with van der Waals surface area (Å²) in [5.41, 5.74) is 1.82. The van der Waals surface area contributed by atoms with Crippen LogP contribution in [0.2, 0.25) is 0 Å². The molecule has 1 aromatic heterocycles. The fourth-order valence-corrected chi connectivity index (χ4v) is 1.99. The largest absolute Gasteiger partial charge is 0.497 e. The fraction of sp³-hybridized carbons (Fsp3) is 0.200. The second-order valence-corrected chi connectivity index (χ2v) is 4.55. The minimum Gasteiger partial charge on any atom is -0.497 e. The Kier molecular flexibility index (Phi) is 4.27. The normalized spacial score (nSPS) is 10.2. The van der Waals surface area contributed by atoms with Gasteiger partial charge in [0.05, 0.1) is 7.11 Å². The summed E-state index contributed by atoms with van der Waals surface area (Å²) < 4.78 is 6.49. The third-order valence-corrected chi connectivity index (χ3v) is 3.05. The number of hydrogen-bond acceptors (Lipinski definition) is 3. The van der Waals surface area contributed by atoms with Crippen molar-refractivity contribution in [3.05, 3.63) is 47.8 Å². The summed E-state index contributed by atoms with van der Waals surface area (Å²) in [4.78, 5) is 23.0. The van der Waals surface area contributed by atoms with Crippen molar-refractivity contribution in [2.24, 2.45) is 0 Å². The topological polar surface area (TPSA) is 80.6 Å². The fourth-order valence-electron chi connectivity index (χ4n) is 1.99. The third kappa shape index (κ3) is 3.42. The van der Waals surface area contributed by atoms with Gasteiger partial charge in [0.2, 0.25) is 0 Å². The first kappa shape index (κ1) is 14.6. The average Bonchev–Trinajstić information content (AvgIpc) is 2.88. The van der Waals surface area contributed by atoms with Crippen LogP contribution in [0, 0.1) is 6.92 Å². The first-order valence-corrected chi connectivity index (χ1v) is 6.34. The van der Waals surface area contributed by atoms with Gasteiger partial charge in [-0.25, -0.2) is 0 Å². The monoisotopic (exact) mass is 288 g/mol. The van der Waals surface area contributed by atoms with E-state index in [1.54, 1.807) is 37.6 Å². The maximum atomic E-state index is 12.2. The number of benzene rings is 1. The molecule has 0 saturated heterocycles. The molecule has 110 valence electrons. The summed E-state index contributed by atoms with van der Waals surface area (Å²) in [6.45, 7) is 1.60. The van der Waals surface area contributed by atoms with Gasteiger partial charge < -0.3 is 19.7 Å². The highest BCUT2D eigenvalue weighted by Gasteiger charge is 2.13. The van der Waals surface area contributed by atoms with Crippen LogP contribution in [0.3, 0.4) is 0 Å². The summed E-state index contributed by atoms with van der Waals surface area (Å²) in [5.74, 6) is -0.643. The molecule has 0 unspecified atom stereocenters. The van der Waals surface area contributed by atoms with E-state index in [0.29, 0.717) is 17.1 Å². The summed E-state index contributed by atoms with van der Waals surface area (Å²) in [5, 5.41) is 11.6. The minimum atomic E-state index is -0.999. The van der Waals surface area contributed by atoms with Crippen LogP contribution in [0.5, 0.6) is 5.75 Å². The van der Waals surface area contributed by atoms with Gasteiger partial charge in [0.1, 0.15) is 18.0 Å². The number of carbonyl (C=O) groups excluding carboxylic acids is 1. The molecule has 2 aromatic rings. The third-order valence-electron chi connectivity index (χ3n) is 3.05. The van der Waals surface area contributed by atoms with Gasteiger partial charge in [-0.3, -0.25) is 9.59 Å². The lowest BCUT2D eigenvalue weighted by molar-refractivity contribution is -0.137. The molecule has 0 atom stereocenters. The molecule has 0 aliphatic carbocycles. The Morgan fingerprint density at radius 2 is 2.10 bits per heavy atom. The standard InChI is InChI=1S/C15H16N2O4/c1-10-8-11(21-2)5-6-12(10)16-15(20)13-4-3-7-17(13)9-14(18)19/h3-8H,9H2,1-2H3,(H,16,20)(H,18,19). The van der Waals surface area contributed by atoms with E-state index in [9.17, 15) is 9.59 Å². The number of anilines is 1.